The summed E-state index contributed by atoms with van der Waals surface area (Å²) < 4.78 is 11.3. The lowest BCUT2D eigenvalue weighted by Crippen LogP contribution is -2.23. The van der Waals surface area contributed by atoms with Gasteiger partial charge in [0.1, 0.15) is 12.4 Å². The summed E-state index contributed by atoms with van der Waals surface area (Å²) in [7, 11) is 0. The van der Waals surface area contributed by atoms with Gasteiger partial charge in [0.05, 0.1) is 6.61 Å². The van der Waals surface area contributed by atoms with Crippen molar-refractivity contribution >= 4 is 27.6 Å². The van der Waals surface area contributed by atoms with Gasteiger partial charge in [-0.05, 0) is 38.7 Å². The van der Waals surface area contributed by atoms with Crippen molar-refractivity contribution in [2.75, 3.05) is 13.4 Å². The Bertz CT molecular complexity index is 902. The van der Waals surface area contributed by atoms with Crippen LogP contribution < -0.4 is 0 Å². The Morgan fingerprint density at radius 1 is 0.857 bits per heavy atom. The van der Waals surface area contributed by atoms with Crippen LogP contribution in [0, 0.1) is 0 Å². The molecule has 0 saturated carbocycles. The topological polar surface area (TPSA) is 18.5 Å². The van der Waals surface area contributed by atoms with E-state index in [1.807, 2.05) is 0 Å². The SMILES string of the molecule is C1=C[C@@]2(COCO2)c2ccc3c(ccc4ccccc43)c21. The highest BCUT2D eigenvalue weighted by molar-refractivity contribution is 6.10. The van der Waals surface area contributed by atoms with Crippen LogP contribution in [0.3, 0.4) is 0 Å². The Kier molecular flexibility index (Phi) is 2.16. The molecule has 5 rings (SSSR count). The number of ether oxygens (including phenoxy) is 2. The first kappa shape index (κ1) is 11.5. The van der Waals surface area contributed by atoms with E-state index in [0.717, 1.165) is 0 Å². The first-order valence-corrected chi connectivity index (χ1v) is 7.23. The van der Waals surface area contributed by atoms with Gasteiger partial charge < -0.3 is 9.47 Å². The molecule has 102 valence electrons. The second-order valence-corrected chi connectivity index (χ2v) is 5.74. The lowest BCUT2D eigenvalue weighted by Gasteiger charge is -2.21. The summed E-state index contributed by atoms with van der Waals surface area (Å²) in [6, 6.07) is 17.4. The molecule has 3 aromatic carbocycles. The zero-order valence-corrected chi connectivity index (χ0v) is 11.5. The van der Waals surface area contributed by atoms with E-state index in [0.29, 0.717) is 13.4 Å². The molecule has 1 fully saturated rings. The minimum atomic E-state index is -0.366. The fourth-order valence-electron chi connectivity index (χ4n) is 3.60. The van der Waals surface area contributed by atoms with E-state index in [4.69, 9.17) is 9.47 Å². The van der Waals surface area contributed by atoms with Crippen LogP contribution >= 0.6 is 0 Å². The molecule has 1 aliphatic heterocycles. The van der Waals surface area contributed by atoms with E-state index in [9.17, 15) is 0 Å². The van der Waals surface area contributed by atoms with Crippen molar-refractivity contribution in [3.05, 3.63) is 65.7 Å². The quantitative estimate of drug-likeness (QED) is 0.571. The average molecular weight is 274 g/mol. The average Bonchev–Trinajstić information content (AvgIpc) is 3.16. The normalized spacial score (nSPS) is 23.4. The molecule has 21 heavy (non-hydrogen) atoms. The summed E-state index contributed by atoms with van der Waals surface area (Å²) in [5, 5.41) is 5.17. The molecule has 0 bridgehead atoms. The van der Waals surface area contributed by atoms with E-state index in [1.54, 1.807) is 0 Å². The molecule has 2 aliphatic rings. The highest BCUT2D eigenvalue weighted by Gasteiger charge is 2.40. The van der Waals surface area contributed by atoms with E-state index in [2.05, 4.69) is 60.7 Å². The van der Waals surface area contributed by atoms with Crippen LogP contribution in [-0.4, -0.2) is 13.4 Å². The molecule has 1 spiro atoms. The molecular formula is C19H14O2. The zero-order chi connectivity index (χ0) is 13.9. The molecule has 3 aromatic rings. The number of benzene rings is 3. The largest absolute Gasteiger partial charge is 0.352 e. The van der Waals surface area contributed by atoms with E-state index < -0.39 is 0 Å². The highest BCUT2D eigenvalue weighted by Crippen LogP contribution is 2.43. The van der Waals surface area contributed by atoms with Crippen molar-refractivity contribution in [1.82, 2.24) is 0 Å². The van der Waals surface area contributed by atoms with Crippen LogP contribution in [0.1, 0.15) is 11.1 Å². The Morgan fingerprint density at radius 3 is 2.67 bits per heavy atom. The summed E-state index contributed by atoms with van der Waals surface area (Å²) in [6.07, 6.45) is 4.32. The van der Waals surface area contributed by atoms with E-state index >= 15 is 0 Å². The third-order valence-electron chi connectivity index (χ3n) is 4.66. The van der Waals surface area contributed by atoms with Gasteiger partial charge in [-0.15, -0.1) is 0 Å². The second kappa shape index (κ2) is 3.94. The van der Waals surface area contributed by atoms with Crippen molar-refractivity contribution in [2.45, 2.75) is 5.60 Å². The van der Waals surface area contributed by atoms with Crippen LogP contribution in [0.25, 0.3) is 27.6 Å². The first-order chi connectivity index (χ1) is 10.4. The van der Waals surface area contributed by atoms with Gasteiger partial charge in [-0.25, -0.2) is 0 Å². The third-order valence-corrected chi connectivity index (χ3v) is 4.66. The number of fused-ring (bicyclic) bond motifs is 6. The summed E-state index contributed by atoms with van der Waals surface area (Å²) >= 11 is 0. The molecule has 1 saturated heterocycles. The van der Waals surface area contributed by atoms with Crippen molar-refractivity contribution in [2.24, 2.45) is 0 Å². The van der Waals surface area contributed by atoms with Crippen molar-refractivity contribution in [1.29, 1.82) is 0 Å². The smallest absolute Gasteiger partial charge is 0.148 e. The number of rotatable bonds is 0. The summed E-state index contributed by atoms with van der Waals surface area (Å²) in [4.78, 5) is 0. The molecule has 0 radical (unpaired) electrons. The summed E-state index contributed by atoms with van der Waals surface area (Å²) in [5.74, 6) is 0. The van der Waals surface area contributed by atoms with Crippen molar-refractivity contribution in [3.8, 4) is 0 Å². The molecule has 1 aliphatic carbocycles. The van der Waals surface area contributed by atoms with Crippen LogP contribution in [0.4, 0.5) is 0 Å². The molecule has 0 N–H and O–H groups in total. The van der Waals surface area contributed by atoms with E-state index in [-0.39, 0.29) is 5.60 Å². The van der Waals surface area contributed by atoms with Crippen molar-refractivity contribution in [3.63, 3.8) is 0 Å². The van der Waals surface area contributed by atoms with Gasteiger partial charge in [0.25, 0.3) is 0 Å². The molecule has 1 atom stereocenters. The predicted molar refractivity (Wildman–Crippen MR) is 84.1 cm³/mol. The maximum atomic E-state index is 5.86. The molecule has 2 heteroatoms. The summed E-state index contributed by atoms with van der Waals surface area (Å²) in [5.41, 5.74) is 2.13. The fraction of sp³-hybridized carbons (Fsp3) is 0.158. The summed E-state index contributed by atoms with van der Waals surface area (Å²) in [6.45, 7) is 0.981. The Morgan fingerprint density at radius 2 is 1.76 bits per heavy atom. The van der Waals surface area contributed by atoms with Crippen LogP contribution in [0.2, 0.25) is 0 Å². The molecular weight excluding hydrogens is 260 g/mol. The van der Waals surface area contributed by atoms with Crippen LogP contribution in [0.15, 0.2) is 54.6 Å². The predicted octanol–water partition coefficient (Wildman–Crippen LogP) is 4.22. The molecule has 0 aromatic heterocycles. The maximum Gasteiger partial charge on any atom is 0.148 e. The number of hydrogen-bond acceptors (Lipinski definition) is 2. The lowest BCUT2D eigenvalue weighted by molar-refractivity contribution is 0.0168. The van der Waals surface area contributed by atoms with Gasteiger partial charge in [0.15, 0.2) is 0 Å². The Hall–Kier alpha value is -2.16. The maximum absolute atomic E-state index is 5.86. The van der Waals surface area contributed by atoms with Crippen molar-refractivity contribution < 1.29 is 9.47 Å². The fourth-order valence-corrected chi connectivity index (χ4v) is 3.60. The molecule has 2 nitrogen and oxygen atoms in total. The van der Waals surface area contributed by atoms with Gasteiger partial charge in [0.2, 0.25) is 0 Å². The van der Waals surface area contributed by atoms with Gasteiger partial charge in [-0.2, -0.15) is 0 Å². The minimum Gasteiger partial charge on any atom is -0.352 e. The first-order valence-electron chi connectivity index (χ1n) is 7.23. The lowest BCUT2D eigenvalue weighted by atomic mass is 9.91. The third kappa shape index (κ3) is 1.44. The van der Waals surface area contributed by atoms with E-state index in [1.165, 1.54) is 32.7 Å². The van der Waals surface area contributed by atoms with Crippen LogP contribution in [0.5, 0.6) is 0 Å². The monoisotopic (exact) mass is 274 g/mol. The molecule has 0 amide bonds. The van der Waals surface area contributed by atoms with Gasteiger partial charge in [-0.1, -0.05) is 54.6 Å². The van der Waals surface area contributed by atoms with Crippen LogP contribution in [-0.2, 0) is 15.1 Å². The molecule has 1 heterocycles. The minimum absolute atomic E-state index is 0.366. The molecule has 0 unspecified atom stereocenters. The number of hydrogen-bond donors (Lipinski definition) is 0. The highest BCUT2D eigenvalue weighted by atomic mass is 16.7. The second-order valence-electron chi connectivity index (χ2n) is 5.74. The Balaban J connectivity index is 1.86. The van der Waals surface area contributed by atoms with Gasteiger partial charge in [0, 0.05) is 0 Å². The standard InChI is InChI=1S/C19H14O2/c1-2-4-14-13(3-1)5-6-16-15(14)7-8-18-17(16)9-10-19(18)11-20-12-21-19/h1-10H,11-12H2/t19-/m1/s1. The Labute approximate surface area is 122 Å². The van der Waals surface area contributed by atoms with Gasteiger partial charge in [-0.3, -0.25) is 0 Å². The van der Waals surface area contributed by atoms with Gasteiger partial charge >= 0.3 is 0 Å². The zero-order valence-electron chi connectivity index (χ0n) is 11.5.